The van der Waals surface area contributed by atoms with Crippen LogP contribution in [0.1, 0.15) is 11.1 Å². The molecule has 20 heavy (non-hydrogen) atoms. The molecule has 0 fully saturated rings. The van der Waals surface area contributed by atoms with Crippen molar-refractivity contribution in [2.45, 2.75) is 11.8 Å². The number of hydrogen-bond acceptors (Lipinski definition) is 3. The Morgan fingerprint density at radius 2 is 1.90 bits per heavy atom. The second-order valence-corrected chi connectivity index (χ2v) is 6.28. The molecule has 3 heteroatoms. The first-order chi connectivity index (χ1) is 9.77. The molecule has 3 aromatic rings. The Morgan fingerprint density at radius 3 is 2.55 bits per heavy atom. The summed E-state index contributed by atoms with van der Waals surface area (Å²) in [7, 11) is 0. The van der Waals surface area contributed by atoms with Crippen LogP contribution in [0.15, 0.2) is 46.7 Å². The predicted octanol–water partition coefficient (Wildman–Crippen LogP) is 5.47. The van der Waals surface area contributed by atoms with Crippen LogP contribution in [0.2, 0.25) is 0 Å². The van der Waals surface area contributed by atoms with Crippen LogP contribution in [0.25, 0.3) is 21.2 Å². The summed E-state index contributed by atoms with van der Waals surface area (Å²) in [6.45, 7) is 2.12. The molecule has 2 aromatic carbocycles. The van der Waals surface area contributed by atoms with Gasteiger partial charge in [0.1, 0.15) is 6.07 Å². The number of nitrogens with zero attached hydrogens (tertiary/aromatic N) is 1. The largest absolute Gasteiger partial charge is 0.192 e. The van der Waals surface area contributed by atoms with E-state index in [1.165, 1.54) is 22.1 Å². The van der Waals surface area contributed by atoms with Gasteiger partial charge in [-0.05, 0) is 41.3 Å². The van der Waals surface area contributed by atoms with E-state index in [4.69, 9.17) is 0 Å². The fourth-order valence-corrected chi connectivity index (χ4v) is 4.37. The van der Waals surface area contributed by atoms with Crippen molar-refractivity contribution in [3.8, 4) is 17.2 Å². The summed E-state index contributed by atoms with van der Waals surface area (Å²) in [4.78, 5) is 1.10. The van der Waals surface area contributed by atoms with Gasteiger partial charge in [0, 0.05) is 10.3 Å². The number of fused-ring (bicyclic) bond motifs is 1. The minimum Gasteiger partial charge on any atom is -0.192 e. The zero-order valence-corrected chi connectivity index (χ0v) is 12.9. The van der Waals surface area contributed by atoms with Gasteiger partial charge in [-0.25, -0.2) is 0 Å². The van der Waals surface area contributed by atoms with Crippen molar-refractivity contribution in [1.29, 1.82) is 5.26 Å². The van der Waals surface area contributed by atoms with Crippen LogP contribution in [-0.4, -0.2) is 6.26 Å². The highest BCUT2D eigenvalue weighted by molar-refractivity contribution is 7.98. The van der Waals surface area contributed by atoms with Crippen molar-refractivity contribution in [1.82, 2.24) is 0 Å². The molecule has 98 valence electrons. The molecule has 0 amide bonds. The van der Waals surface area contributed by atoms with Crippen molar-refractivity contribution in [3.05, 3.63) is 52.9 Å². The van der Waals surface area contributed by atoms with Crippen LogP contribution in [0.3, 0.4) is 0 Å². The van der Waals surface area contributed by atoms with E-state index in [1.54, 1.807) is 23.1 Å². The topological polar surface area (TPSA) is 23.8 Å². The smallest absolute Gasteiger partial charge is 0.102 e. The molecule has 0 unspecified atom stereocenters. The molecule has 0 aliphatic carbocycles. The highest BCUT2D eigenvalue weighted by Crippen LogP contribution is 2.42. The maximum Gasteiger partial charge on any atom is 0.102 e. The van der Waals surface area contributed by atoms with Gasteiger partial charge in [-0.2, -0.15) is 5.26 Å². The van der Waals surface area contributed by atoms with Crippen molar-refractivity contribution >= 4 is 33.2 Å². The molecule has 1 aromatic heterocycles. The van der Waals surface area contributed by atoms with Crippen molar-refractivity contribution in [2.24, 2.45) is 0 Å². The van der Waals surface area contributed by atoms with Gasteiger partial charge < -0.3 is 0 Å². The van der Waals surface area contributed by atoms with E-state index in [2.05, 4.69) is 48.7 Å². The zero-order valence-electron chi connectivity index (χ0n) is 11.3. The average Bonchev–Trinajstić information content (AvgIpc) is 2.95. The molecule has 0 bridgehead atoms. The van der Waals surface area contributed by atoms with Gasteiger partial charge in [0.25, 0.3) is 0 Å². The third-order valence-corrected chi connectivity index (χ3v) is 5.33. The Balaban J connectivity index is 2.47. The number of nitriles is 1. The second-order valence-electron chi connectivity index (χ2n) is 4.55. The third kappa shape index (κ3) is 1.93. The Kier molecular flexibility index (Phi) is 3.52. The monoisotopic (exact) mass is 295 g/mol. The van der Waals surface area contributed by atoms with Gasteiger partial charge in [0.05, 0.1) is 10.3 Å². The molecule has 1 heterocycles. The summed E-state index contributed by atoms with van der Waals surface area (Å²) in [6, 6.07) is 14.9. The molecule has 0 aliphatic rings. The number of benzene rings is 2. The minimum atomic E-state index is 0.819. The van der Waals surface area contributed by atoms with Gasteiger partial charge in [-0.15, -0.1) is 23.1 Å². The fraction of sp³-hybridized carbons (Fsp3) is 0.118. The Hall–Kier alpha value is -1.76. The highest BCUT2D eigenvalue weighted by Gasteiger charge is 2.18. The van der Waals surface area contributed by atoms with E-state index in [1.807, 2.05) is 12.3 Å². The zero-order chi connectivity index (χ0) is 14.1. The molecule has 0 spiro atoms. The van der Waals surface area contributed by atoms with E-state index in [-0.39, 0.29) is 0 Å². The Labute approximate surface area is 126 Å². The molecular formula is C17H13NS2. The van der Waals surface area contributed by atoms with Crippen LogP contribution in [0.5, 0.6) is 0 Å². The maximum atomic E-state index is 9.50. The summed E-state index contributed by atoms with van der Waals surface area (Å²) < 4.78 is 1.10. The lowest BCUT2D eigenvalue weighted by Gasteiger charge is -2.14. The van der Waals surface area contributed by atoms with Crippen molar-refractivity contribution in [3.63, 3.8) is 0 Å². The first-order valence-electron chi connectivity index (χ1n) is 6.31. The van der Waals surface area contributed by atoms with E-state index in [0.717, 1.165) is 15.2 Å². The summed E-state index contributed by atoms with van der Waals surface area (Å²) in [5.74, 6) is 0. The van der Waals surface area contributed by atoms with Gasteiger partial charge in [-0.3, -0.25) is 0 Å². The Morgan fingerprint density at radius 1 is 1.15 bits per heavy atom. The van der Waals surface area contributed by atoms with Gasteiger partial charge in [-0.1, -0.05) is 30.3 Å². The molecule has 0 saturated carbocycles. The molecule has 0 N–H and O–H groups in total. The molecule has 0 aliphatic heterocycles. The van der Waals surface area contributed by atoms with Crippen molar-refractivity contribution < 1.29 is 0 Å². The first-order valence-corrected chi connectivity index (χ1v) is 8.41. The standard InChI is InChI=1S/C17H13NS2/c1-11-15(12-6-4-3-5-7-12)13-8-9-20-17(13)14(10-18)16(11)19-2/h3-9H,1-2H3. The third-order valence-electron chi connectivity index (χ3n) is 3.48. The number of thioether (sulfide) groups is 1. The number of thiophene rings is 1. The fourth-order valence-electron chi connectivity index (χ4n) is 2.64. The van der Waals surface area contributed by atoms with Crippen LogP contribution >= 0.6 is 23.1 Å². The molecule has 0 radical (unpaired) electrons. The van der Waals surface area contributed by atoms with Crippen LogP contribution < -0.4 is 0 Å². The van der Waals surface area contributed by atoms with Gasteiger partial charge >= 0.3 is 0 Å². The van der Waals surface area contributed by atoms with Crippen LogP contribution in [-0.2, 0) is 0 Å². The SMILES string of the molecule is CSc1c(C)c(-c2ccccc2)c2ccsc2c1C#N. The summed E-state index contributed by atoms with van der Waals surface area (Å²) in [5, 5.41) is 12.8. The van der Waals surface area contributed by atoms with Gasteiger partial charge in [0.2, 0.25) is 0 Å². The number of rotatable bonds is 2. The molecule has 3 rings (SSSR count). The normalized spacial score (nSPS) is 10.7. The minimum absolute atomic E-state index is 0.819. The van der Waals surface area contributed by atoms with E-state index < -0.39 is 0 Å². The lowest BCUT2D eigenvalue weighted by Crippen LogP contribution is -1.92. The molecule has 0 saturated heterocycles. The number of hydrogen-bond donors (Lipinski definition) is 0. The van der Waals surface area contributed by atoms with E-state index in [9.17, 15) is 5.26 Å². The van der Waals surface area contributed by atoms with Crippen LogP contribution in [0, 0.1) is 18.3 Å². The average molecular weight is 295 g/mol. The summed E-state index contributed by atoms with van der Waals surface area (Å²) >= 11 is 3.31. The lowest BCUT2D eigenvalue weighted by atomic mass is 9.95. The summed E-state index contributed by atoms with van der Waals surface area (Å²) in [6.07, 6.45) is 2.04. The molecule has 0 atom stereocenters. The predicted molar refractivity (Wildman–Crippen MR) is 88.5 cm³/mol. The maximum absolute atomic E-state index is 9.50. The highest BCUT2D eigenvalue weighted by atomic mass is 32.2. The molecule has 1 nitrogen and oxygen atoms in total. The second kappa shape index (κ2) is 5.32. The summed E-state index contributed by atoms with van der Waals surface area (Å²) in [5.41, 5.74) is 4.49. The van der Waals surface area contributed by atoms with Crippen molar-refractivity contribution in [2.75, 3.05) is 6.26 Å². The molecular weight excluding hydrogens is 282 g/mol. The lowest BCUT2D eigenvalue weighted by molar-refractivity contribution is 1.30. The first kappa shape index (κ1) is 13.2. The van der Waals surface area contributed by atoms with Gasteiger partial charge in [0.15, 0.2) is 0 Å². The van der Waals surface area contributed by atoms with Crippen LogP contribution in [0.4, 0.5) is 0 Å². The van der Waals surface area contributed by atoms with E-state index >= 15 is 0 Å². The quantitative estimate of drug-likeness (QED) is 0.585. The van der Waals surface area contributed by atoms with E-state index in [0.29, 0.717) is 0 Å². The Bertz CT molecular complexity index is 810.